The minimum absolute atomic E-state index is 0.107. The summed E-state index contributed by atoms with van der Waals surface area (Å²) < 4.78 is 0. The molecule has 3 atom stereocenters. The fourth-order valence-corrected chi connectivity index (χ4v) is 4.77. The van der Waals surface area contributed by atoms with Crippen molar-refractivity contribution in [2.24, 2.45) is 16.4 Å². The Morgan fingerprint density at radius 1 is 1.28 bits per heavy atom. The normalized spacial score (nSPS) is 24.7. The number of aliphatic hydroxyl groups is 1. The lowest BCUT2D eigenvalue weighted by Crippen LogP contribution is -2.28. The number of aliphatic hydroxyl groups excluding tert-OH is 1. The van der Waals surface area contributed by atoms with Crippen molar-refractivity contribution in [1.29, 1.82) is 0 Å². The Hall–Kier alpha value is -2.72. The number of aromatic nitrogens is 1. The van der Waals surface area contributed by atoms with E-state index < -0.39 is 6.10 Å². The van der Waals surface area contributed by atoms with Gasteiger partial charge in [0.15, 0.2) is 0 Å². The minimum atomic E-state index is -0.403. The maximum absolute atomic E-state index is 10.8. The molecule has 4 rings (SSSR count). The molecule has 0 amide bonds. The molecule has 1 unspecified atom stereocenters. The number of fused-ring (bicyclic) bond motifs is 1. The molecule has 0 spiro atoms. The molecular weight excluding hydrogens is 358 g/mol. The molecule has 4 nitrogen and oxygen atoms in total. The number of anilines is 1. The van der Waals surface area contributed by atoms with Crippen LogP contribution >= 0.6 is 0 Å². The maximum atomic E-state index is 10.8. The van der Waals surface area contributed by atoms with Gasteiger partial charge in [0.25, 0.3) is 0 Å². The highest BCUT2D eigenvalue weighted by Gasteiger charge is 2.44. The molecule has 1 heterocycles. The molecule has 1 aromatic carbocycles. The van der Waals surface area contributed by atoms with E-state index in [2.05, 4.69) is 29.2 Å². The molecule has 0 bridgehead atoms. The van der Waals surface area contributed by atoms with Gasteiger partial charge in [0, 0.05) is 12.4 Å². The molecule has 0 aliphatic heterocycles. The van der Waals surface area contributed by atoms with Gasteiger partial charge >= 0.3 is 0 Å². The number of nitrogens with zero attached hydrogens (tertiary/aromatic N) is 3. The fourth-order valence-electron chi connectivity index (χ4n) is 4.77. The molecule has 2 aliphatic rings. The molecule has 0 saturated heterocycles. The van der Waals surface area contributed by atoms with Gasteiger partial charge < -0.3 is 5.11 Å². The van der Waals surface area contributed by atoms with Crippen LogP contribution in [0.25, 0.3) is 0 Å². The van der Waals surface area contributed by atoms with Crippen molar-refractivity contribution in [2.45, 2.75) is 45.6 Å². The maximum Gasteiger partial charge on any atom is 0.0835 e. The summed E-state index contributed by atoms with van der Waals surface area (Å²) in [6.45, 7) is 4.29. The predicted molar refractivity (Wildman–Crippen MR) is 119 cm³/mol. The van der Waals surface area contributed by atoms with Gasteiger partial charge in [-0.15, -0.1) is 0 Å². The second kappa shape index (κ2) is 8.34. The van der Waals surface area contributed by atoms with Crippen molar-refractivity contribution in [1.82, 2.24) is 4.98 Å². The summed E-state index contributed by atoms with van der Waals surface area (Å²) in [7, 11) is 0. The highest BCUT2D eigenvalue weighted by Crippen LogP contribution is 2.55. The molecule has 1 fully saturated rings. The van der Waals surface area contributed by atoms with Gasteiger partial charge in [-0.05, 0) is 67.7 Å². The molecule has 0 radical (unpaired) electrons. The van der Waals surface area contributed by atoms with E-state index in [0.29, 0.717) is 5.92 Å². The predicted octanol–water partition coefficient (Wildman–Crippen LogP) is 5.65. The first-order valence-corrected chi connectivity index (χ1v) is 10.4. The zero-order valence-electron chi connectivity index (χ0n) is 17.2. The zero-order valence-corrected chi connectivity index (χ0v) is 17.2. The lowest BCUT2D eigenvalue weighted by molar-refractivity contribution is 0.113. The third-order valence-electron chi connectivity index (χ3n) is 6.51. The van der Waals surface area contributed by atoms with Gasteiger partial charge in [-0.25, -0.2) is 5.01 Å². The van der Waals surface area contributed by atoms with Gasteiger partial charge in [0.05, 0.1) is 23.7 Å². The molecule has 4 heteroatoms. The second-order valence-corrected chi connectivity index (χ2v) is 8.21. The van der Waals surface area contributed by atoms with Crippen LogP contribution in [0.4, 0.5) is 5.69 Å². The summed E-state index contributed by atoms with van der Waals surface area (Å²) in [4.78, 5) is 4.25. The molecule has 1 N–H and O–H groups in total. The first-order chi connectivity index (χ1) is 14.1. The van der Waals surface area contributed by atoms with Crippen LogP contribution in [0.1, 0.15) is 51.2 Å². The number of rotatable bonds is 6. The summed E-state index contributed by atoms with van der Waals surface area (Å²) in [5, 5.41) is 17.3. The number of hydrazone groups is 1. The Bertz CT molecular complexity index is 920. The summed E-state index contributed by atoms with van der Waals surface area (Å²) >= 11 is 0. The Labute approximate surface area is 173 Å². The van der Waals surface area contributed by atoms with Crippen LogP contribution in [0.5, 0.6) is 0 Å². The second-order valence-electron chi connectivity index (χ2n) is 8.21. The lowest BCUT2D eigenvalue weighted by Gasteiger charge is -2.37. The van der Waals surface area contributed by atoms with E-state index in [1.807, 2.05) is 66.8 Å². The summed E-state index contributed by atoms with van der Waals surface area (Å²) in [6, 6.07) is 14.0. The first-order valence-electron chi connectivity index (χ1n) is 10.4. The van der Waals surface area contributed by atoms with E-state index in [4.69, 9.17) is 0 Å². The minimum Gasteiger partial charge on any atom is -0.388 e. The van der Waals surface area contributed by atoms with Crippen molar-refractivity contribution >= 4 is 11.9 Å². The standard InChI is InChI=1S/C25H29N3O/c1-3-27-28(23-10-7-15-26-18-23)22-13-14-25(2)20(16-22)11-12-21(25)17-24(29)19-8-5-4-6-9-19/h3-10,13,15-16,18,21,24,29H,11-12,14,17H2,1-2H3/b27-3-/t21-,24?,25+/m1/s1. The van der Waals surface area contributed by atoms with E-state index in [-0.39, 0.29) is 5.41 Å². The zero-order chi connectivity index (χ0) is 20.3. The van der Waals surface area contributed by atoms with Crippen LogP contribution < -0.4 is 5.01 Å². The Kier molecular flexibility index (Phi) is 5.63. The molecule has 1 aromatic heterocycles. The average molecular weight is 388 g/mol. The molecular formula is C25H29N3O. The van der Waals surface area contributed by atoms with E-state index in [9.17, 15) is 5.11 Å². The first kappa shape index (κ1) is 19.6. The van der Waals surface area contributed by atoms with E-state index in [1.165, 1.54) is 5.57 Å². The van der Waals surface area contributed by atoms with Gasteiger partial charge in [0.2, 0.25) is 0 Å². The Morgan fingerprint density at radius 2 is 2.10 bits per heavy atom. The van der Waals surface area contributed by atoms with Gasteiger partial charge in [-0.3, -0.25) is 4.98 Å². The number of benzene rings is 1. The molecule has 2 aromatic rings. The van der Waals surface area contributed by atoms with Crippen LogP contribution in [-0.4, -0.2) is 16.3 Å². The van der Waals surface area contributed by atoms with E-state index >= 15 is 0 Å². The Morgan fingerprint density at radius 3 is 2.83 bits per heavy atom. The number of pyridine rings is 1. The number of hydrogen-bond acceptors (Lipinski definition) is 4. The van der Waals surface area contributed by atoms with Crippen molar-refractivity contribution in [2.75, 3.05) is 5.01 Å². The van der Waals surface area contributed by atoms with Crippen LogP contribution in [0.3, 0.4) is 0 Å². The van der Waals surface area contributed by atoms with Crippen molar-refractivity contribution in [3.05, 3.63) is 83.8 Å². The smallest absolute Gasteiger partial charge is 0.0835 e. The van der Waals surface area contributed by atoms with Crippen LogP contribution in [0.15, 0.2) is 83.4 Å². The summed E-state index contributed by atoms with van der Waals surface area (Å²) in [6.07, 6.45) is 13.6. The topological polar surface area (TPSA) is 48.7 Å². The highest BCUT2D eigenvalue weighted by molar-refractivity contribution is 5.61. The molecule has 2 aliphatic carbocycles. The quantitative estimate of drug-likeness (QED) is 0.515. The van der Waals surface area contributed by atoms with Crippen LogP contribution in [0, 0.1) is 11.3 Å². The van der Waals surface area contributed by atoms with Crippen LogP contribution in [0.2, 0.25) is 0 Å². The largest absolute Gasteiger partial charge is 0.388 e. The molecule has 1 saturated carbocycles. The number of allylic oxidation sites excluding steroid dienone is 3. The average Bonchev–Trinajstić information content (AvgIpc) is 3.08. The van der Waals surface area contributed by atoms with Crippen molar-refractivity contribution < 1.29 is 5.11 Å². The van der Waals surface area contributed by atoms with Crippen molar-refractivity contribution in [3.63, 3.8) is 0 Å². The number of hydrogen-bond donors (Lipinski definition) is 1. The van der Waals surface area contributed by atoms with Gasteiger partial charge in [-0.1, -0.05) is 48.9 Å². The third-order valence-corrected chi connectivity index (χ3v) is 6.51. The fraction of sp³-hybridized carbons (Fsp3) is 0.360. The monoisotopic (exact) mass is 387 g/mol. The van der Waals surface area contributed by atoms with E-state index in [0.717, 1.165) is 42.6 Å². The van der Waals surface area contributed by atoms with Gasteiger partial charge in [-0.2, -0.15) is 5.10 Å². The summed E-state index contributed by atoms with van der Waals surface area (Å²) in [5.74, 6) is 0.475. The molecule has 150 valence electrons. The Balaban J connectivity index is 1.54. The molecule has 29 heavy (non-hydrogen) atoms. The SMILES string of the molecule is C/C=N\N(C1=CC[C@@]2(C)C(=C1)CC[C@@H]2CC(O)c1ccccc1)c1cccnc1. The van der Waals surface area contributed by atoms with Gasteiger partial charge in [0.1, 0.15) is 0 Å². The van der Waals surface area contributed by atoms with Crippen molar-refractivity contribution in [3.8, 4) is 0 Å². The highest BCUT2D eigenvalue weighted by atomic mass is 16.3. The summed E-state index contributed by atoms with van der Waals surface area (Å²) in [5.41, 5.74) is 4.66. The lowest BCUT2D eigenvalue weighted by atomic mass is 9.70. The van der Waals surface area contributed by atoms with Crippen LogP contribution in [-0.2, 0) is 0 Å². The van der Waals surface area contributed by atoms with E-state index in [1.54, 1.807) is 6.20 Å². The third kappa shape index (κ3) is 3.90.